The first-order valence-electron chi connectivity index (χ1n) is 10.2. The van der Waals surface area contributed by atoms with E-state index in [9.17, 15) is 0 Å². The fourth-order valence-corrected chi connectivity index (χ4v) is 3.16. The van der Waals surface area contributed by atoms with Crippen LogP contribution in [0.5, 0.6) is 5.75 Å². The highest BCUT2D eigenvalue weighted by molar-refractivity contribution is 14.0. The summed E-state index contributed by atoms with van der Waals surface area (Å²) in [6, 6.07) is 10.4. The Morgan fingerprint density at radius 3 is 2.52 bits per heavy atom. The van der Waals surface area contributed by atoms with Gasteiger partial charge in [0.2, 0.25) is 0 Å². The van der Waals surface area contributed by atoms with E-state index < -0.39 is 0 Å². The van der Waals surface area contributed by atoms with E-state index in [2.05, 4.69) is 59.4 Å². The molecule has 0 bridgehead atoms. The third kappa shape index (κ3) is 8.64. The summed E-state index contributed by atoms with van der Waals surface area (Å²) in [5.41, 5.74) is 3.61. The van der Waals surface area contributed by atoms with Crippen LogP contribution in [-0.4, -0.2) is 42.5 Å². The van der Waals surface area contributed by atoms with Crippen molar-refractivity contribution in [2.75, 3.05) is 26.7 Å². The molecular weight excluding hydrogens is 477 g/mol. The molecule has 0 radical (unpaired) electrons. The zero-order valence-corrected chi connectivity index (χ0v) is 20.7. The lowest BCUT2D eigenvalue weighted by Gasteiger charge is -2.15. The Morgan fingerprint density at radius 1 is 1.21 bits per heavy atom. The second-order valence-electron chi connectivity index (χ2n) is 7.15. The monoisotopic (exact) mass is 513 g/mol. The SMILES string of the molecule is CCNC(=NCCCn1nc(C)cc1C)NCCC(C)c1ccc(OC)cc1.I. The molecule has 1 atom stereocenters. The van der Waals surface area contributed by atoms with Crippen molar-refractivity contribution in [3.63, 3.8) is 0 Å². The molecule has 0 amide bonds. The molecule has 0 spiro atoms. The average Bonchev–Trinajstić information content (AvgIpc) is 3.02. The van der Waals surface area contributed by atoms with Gasteiger partial charge in [0, 0.05) is 31.9 Å². The number of nitrogens with zero attached hydrogens (tertiary/aromatic N) is 3. The van der Waals surface area contributed by atoms with Gasteiger partial charge in [-0.05, 0) is 63.3 Å². The Kier molecular flexibility index (Phi) is 11.7. The minimum absolute atomic E-state index is 0. The van der Waals surface area contributed by atoms with E-state index in [1.54, 1.807) is 7.11 Å². The van der Waals surface area contributed by atoms with Gasteiger partial charge < -0.3 is 15.4 Å². The molecule has 2 aromatic rings. The van der Waals surface area contributed by atoms with Crippen molar-refractivity contribution >= 4 is 29.9 Å². The molecule has 0 saturated heterocycles. The topological polar surface area (TPSA) is 63.5 Å². The van der Waals surface area contributed by atoms with Gasteiger partial charge in [-0.25, -0.2) is 0 Å². The molecule has 2 N–H and O–H groups in total. The van der Waals surface area contributed by atoms with Crippen LogP contribution >= 0.6 is 24.0 Å². The summed E-state index contributed by atoms with van der Waals surface area (Å²) in [6.07, 6.45) is 2.02. The van der Waals surface area contributed by atoms with Crippen LogP contribution < -0.4 is 15.4 Å². The predicted octanol–water partition coefficient (Wildman–Crippen LogP) is 4.27. The summed E-state index contributed by atoms with van der Waals surface area (Å²) in [4.78, 5) is 4.69. The third-order valence-electron chi connectivity index (χ3n) is 4.80. The Balaban J connectivity index is 0.00000420. The molecule has 1 unspecified atom stereocenters. The maximum absolute atomic E-state index is 5.23. The van der Waals surface area contributed by atoms with Crippen LogP contribution in [0.15, 0.2) is 35.3 Å². The molecule has 0 fully saturated rings. The van der Waals surface area contributed by atoms with Crippen LogP contribution in [-0.2, 0) is 6.54 Å². The standard InChI is InChI=1S/C22H35N5O.HI/c1-6-23-22(24-13-7-15-27-19(4)16-18(3)26-27)25-14-12-17(2)20-8-10-21(28-5)11-9-20;/h8-11,16-17H,6-7,12-15H2,1-5H3,(H2,23,24,25);1H. The number of methoxy groups -OCH3 is 1. The van der Waals surface area contributed by atoms with Crippen LogP contribution in [0.2, 0.25) is 0 Å². The van der Waals surface area contributed by atoms with Crippen LogP contribution in [0.4, 0.5) is 0 Å². The van der Waals surface area contributed by atoms with Crippen molar-refractivity contribution in [1.82, 2.24) is 20.4 Å². The van der Waals surface area contributed by atoms with Gasteiger partial charge in [0.25, 0.3) is 0 Å². The molecule has 1 aromatic carbocycles. The number of aryl methyl sites for hydroxylation is 3. The Labute approximate surface area is 192 Å². The number of halogens is 1. The number of benzene rings is 1. The van der Waals surface area contributed by atoms with Gasteiger partial charge in [-0.15, -0.1) is 24.0 Å². The van der Waals surface area contributed by atoms with Gasteiger partial charge in [-0.2, -0.15) is 5.10 Å². The highest BCUT2D eigenvalue weighted by Crippen LogP contribution is 2.21. The van der Waals surface area contributed by atoms with Crippen molar-refractivity contribution < 1.29 is 4.74 Å². The molecule has 2 rings (SSSR count). The molecule has 162 valence electrons. The Bertz CT molecular complexity index is 742. The Hall–Kier alpha value is -1.77. The van der Waals surface area contributed by atoms with E-state index in [4.69, 9.17) is 9.73 Å². The number of ether oxygens (including phenoxy) is 1. The zero-order valence-electron chi connectivity index (χ0n) is 18.4. The Morgan fingerprint density at radius 2 is 1.93 bits per heavy atom. The summed E-state index contributed by atoms with van der Waals surface area (Å²) in [5, 5.41) is 11.3. The molecule has 7 heteroatoms. The second kappa shape index (κ2) is 13.5. The highest BCUT2D eigenvalue weighted by Gasteiger charge is 2.06. The predicted molar refractivity (Wildman–Crippen MR) is 132 cm³/mol. The van der Waals surface area contributed by atoms with Crippen molar-refractivity contribution in [3.8, 4) is 5.75 Å². The van der Waals surface area contributed by atoms with Gasteiger partial charge in [-0.3, -0.25) is 9.67 Å². The van der Waals surface area contributed by atoms with Crippen molar-refractivity contribution in [2.24, 2.45) is 4.99 Å². The summed E-state index contributed by atoms with van der Waals surface area (Å²) in [5.74, 6) is 2.27. The van der Waals surface area contributed by atoms with Gasteiger partial charge >= 0.3 is 0 Å². The largest absolute Gasteiger partial charge is 0.497 e. The summed E-state index contributed by atoms with van der Waals surface area (Å²) in [6.45, 7) is 11.9. The fraction of sp³-hybridized carbons (Fsp3) is 0.545. The average molecular weight is 513 g/mol. The molecule has 29 heavy (non-hydrogen) atoms. The smallest absolute Gasteiger partial charge is 0.191 e. The van der Waals surface area contributed by atoms with Crippen LogP contribution in [0.1, 0.15) is 49.6 Å². The molecule has 0 aliphatic heterocycles. The van der Waals surface area contributed by atoms with E-state index in [0.717, 1.165) is 56.4 Å². The first kappa shape index (κ1) is 25.3. The lowest BCUT2D eigenvalue weighted by atomic mass is 9.98. The first-order valence-corrected chi connectivity index (χ1v) is 10.2. The number of guanidine groups is 1. The quantitative estimate of drug-likeness (QED) is 0.216. The molecule has 0 aliphatic rings. The van der Waals surface area contributed by atoms with E-state index in [-0.39, 0.29) is 24.0 Å². The zero-order chi connectivity index (χ0) is 20.4. The molecule has 1 heterocycles. The van der Waals surface area contributed by atoms with Crippen LogP contribution in [0, 0.1) is 13.8 Å². The molecule has 1 aromatic heterocycles. The first-order chi connectivity index (χ1) is 13.5. The molecule has 0 aliphatic carbocycles. The summed E-state index contributed by atoms with van der Waals surface area (Å²) < 4.78 is 7.29. The van der Waals surface area contributed by atoms with Gasteiger partial charge in [0.05, 0.1) is 12.8 Å². The molecule has 6 nitrogen and oxygen atoms in total. The van der Waals surface area contributed by atoms with Crippen LogP contribution in [0.25, 0.3) is 0 Å². The minimum Gasteiger partial charge on any atom is -0.497 e. The van der Waals surface area contributed by atoms with E-state index in [0.29, 0.717) is 5.92 Å². The van der Waals surface area contributed by atoms with Gasteiger partial charge in [0.15, 0.2) is 5.96 Å². The number of nitrogens with one attached hydrogen (secondary N) is 2. The highest BCUT2D eigenvalue weighted by atomic mass is 127. The molecule has 0 saturated carbocycles. The van der Waals surface area contributed by atoms with Gasteiger partial charge in [0.1, 0.15) is 5.75 Å². The number of rotatable bonds is 10. The lowest BCUT2D eigenvalue weighted by Crippen LogP contribution is -2.38. The number of hydrogen-bond donors (Lipinski definition) is 2. The maximum atomic E-state index is 5.23. The fourth-order valence-electron chi connectivity index (χ4n) is 3.16. The van der Waals surface area contributed by atoms with Crippen molar-refractivity contribution in [3.05, 3.63) is 47.3 Å². The van der Waals surface area contributed by atoms with Gasteiger partial charge in [-0.1, -0.05) is 19.1 Å². The number of aromatic nitrogens is 2. The van der Waals surface area contributed by atoms with E-state index in [1.807, 2.05) is 19.1 Å². The van der Waals surface area contributed by atoms with Crippen molar-refractivity contribution in [2.45, 2.75) is 53.0 Å². The number of hydrogen-bond acceptors (Lipinski definition) is 3. The van der Waals surface area contributed by atoms with E-state index >= 15 is 0 Å². The van der Waals surface area contributed by atoms with Crippen LogP contribution in [0.3, 0.4) is 0 Å². The normalized spacial score (nSPS) is 12.2. The van der Waals surface area contributed by atoms with Crippen molar-refractivity contribution in [1.29, 1.82) is 0 Å². The number of aliphatic imine (C=N–C) groups is 1. The third-order valence-corrected chi connectivity index (χ3v) is 4.80. The maximum Gasteiger partial charge on any atom is 0.191 e. The summed E-state index contributed by atoms with van der Waals surface area (Å²) in [7, 11) is 1.70. The second-order valence-corrected chi connectivity index (χ2v) is 7.15. The lowest BCUT2D eigenvalue weighted by molar-refractivity contribution is 0.414. The minimum atomic E-state index is 0. The summed E-state index contributed by atoms with van der Waals surface area (Å²) >= 11 is 0. The van der Waals surface area contributed by atoms with E-state index in [1.165, 1.54) is 11.3 Å². The molecular formula is C22H36IN5O.